The molecule has 1 aromatic carbocycles. The Bertz CT molecular complexity index is 391. The van der Waals surface area contributed by atoms with Crippen molar-refractivity contribution < 1.29 is 9.53 Å². The third-order valence-electron chi connectivity index (χ3n) is 2.22. The van der Waals surface area contributed by atoms with Crippen molar-refractivity contribution in [1.82, 2.24) is 5.32 Å². The van der Waals surface area contributed by atoms with Crippen LogP contribution in [0, 0.1) is 12.8 Å². The number of aryl methyl sites for hydroxylation is 1. The average molecular weight is 256 g/mol. The van der Waals surface area contributed by atoms with Crippen LogP contribution in [0.5, 0.6) is 5.75 Å². The summed E-state index contributed by atoms with van der Waals surface area (Å²) in [5.41, 5.74) is 0.964. The number of rotatable bonds is 5. The van der Waals surface area contributed by atoms with Crippen LogP contribution >= 0.6 is 11.6 Å². The zero-order chi connectivity index (χ0) is 12.8. The second-order valence-electron chi connectivity index (χ2n) is 4.40. The van der Waals surface area contributed by atoms with Gasteiger partial charge < -0.3 is 10.1 Å². The average Bonchev–Trinajstić information content (AvgIpc) is 2.27. The molecular weight excluding hydrogens is 238 g/mol. The first-order chi connectivity index (χ1) is 7.99. The Morgan fingerprint density at radius 3 is 2.82 bits per heavy atom. The van der Waals surface area contributed by atoms with Crippen LogP contribution in [0.4, 0.5) is 0 Å². The summed E-state index contributed by atoms with van der Waals surface area (Å²) in [6.07, 6.45) is 0. The van der Waals surface area contributed by atoms with E-state index < -0.39 is 0 Å². The Hall–Kier alpha value is -1.22. The van der Waals surface area contributed by atoms with Gasteiger partial charge in [0, 0.05) is 11.6 Å². The molecule has 4 heteroatoms. The van der Waals surface area contributed by atoms with Gasteiger partial charge in [-0.25, -0.2) is 0 Å². The Labute approximate surface area is 107 Å². The number of nitrogens with one attached hydrogen (secondary N) is 1. The molecule has 1 N–H and O–H groups in total. The van der Waals surface area contributed by atoms with Crippen LogP contribution < -0.4 is 10.1 Å². The molecule has 0 atom stereocenters. The minimum Gasteiger partial charge on any atom is -0.483 e. The maximum Gasteiger partial charge on any atom is 0.257 e. The second-order valence-corrected chi connectivity index (χ2v) is 4.83. The molecule has 17 heavy (non-hydrogen) atoms. The minimum absolute atomic E-state index is 0.0217. The molecular formula is C13H18ClNO2. The number of amides is 1. The van der Waals surface area contributed by atoms with Gasteiger partial charge in [0.05, 0.1) is 0 Å². The third-order valence-corrected chi connectivity index (χ3v) is 2.45. The lowest BCUT2D eigenvalue weighted by atomic mass is 10.2. The molecule has 0 unspecified atom stereocenters. The van der Waals surface area contributed by atoms with Gasteiger partial charge in [0.1, 0.15) is 5.75 Å². The second kappa shape index (κ2) is 6.50. The maximum absolute atomic E-state index is 11.4. The van der Waals surface area contributed by atoms with Gasteiger partial charge >= 0.3 is 0 Å². The Morgan fingerprint density at radius 2 is 2.18 bits per heavy atom. The van der Waals surface area contributed by atoms with E-state index >= 15 is 0 Å². The van der Waals surface area contributed by atoms with Crippen LogP contribution in [0.25, 0.3) is 0 Å². The zero-order valence-electron chi connectivity index (χ0n) is 10.4. The van der Waals surface area contributed by atoms with Crippen molar-refractivity contribution in [3.8, 4) is 5.75 Å². The van der Waals surface area contributed by atoms with E-state index in [2.05, 4.69) is 5.32 Å². The van der Waals surface area contributed by atoms with Gasteiger partial charge in [0.15, 0.2) is 6.61 Å². The third kappa shape index (κ3) is 5.09. The summed E-state index contributed by atoms with van der Waals surface area (Å²) in [5.74, 6) is 0.974. The van der Waals surface area contributed by atoms with Gasteiger partial charge in [0.25, 0.3) is 5.91 Å². The van der Waals surface area contributed by atoms with Gasteiger partial charge in [-0.1, -0.05) is 31.5 Å². The van der Waals surface area contributed by atoms with Crippen LogP contribution in [0.15, 0.2) is 18.2 Å². The zero-order valence-corrected chi connectivity index (χ0v) is 11.2. The SMILES string of the molecule is Cc1ccc(Cl)cc1OCC(=O)NCC(C)C. The van der Waals surface area contributed by atoms with E-state index in [1.165, 1.54) is 0 Å². The summed E-state index contributed by atoms with van der Waals surface area (Å²) in [4.78, 5) is 11.4. The Balaban J connectivity index is 2.44. The fourth-order valence-electron chi connectivity index (χ4n) is 1.24. The molecule has 1 aromatic rings. The highest BCUT2D eigenvalue weighted by Crippen LogP contribution is 2.22. The van der Waals surface area contributed by atoms with E-state index in [1.807, 2.05) is 26.8 Å². The van der Waals surface area contributed by atoms with Crippen molar-refractivity contribution in [2.45, 2.75) is 20.8 Å². The molecule has 0 saturated carbocycles. The first kappa shape index (κ1) is 13.8. The van der Waals surface area contributed by atoms with E-state index in [1.54, 1.807) is 12.1 Å². The monoisotopic (exact) mass is 255 g/mol. The molecule has 0 spiro atoms. The lowest BCUT2D eigenvalue weighted by molar-refractivity contribution is -0.123. The van der Waals surface area contributed by atoms with Crippen molar-refractivity contribution in [2.24, 2.45) is 5.92 Å². The quantitative estimate of drug-likeness (QED) is 0.879. The molecule has 0 heterocycles. The van der Waals surface area contributed by atoms with Crippen LogP contribution in [0.1, 0.15) is 19.4 Å². The van der Waals surface area contributed by atoms with Crippen LogP contribution in [0.2, 0.25) is 5.02 Å². The number of carbonyl (C=O) groups is 1. The predicted octanol–water partition coefficient (Wildman–Crippen LogP) is 2.80. The number of hydrogen-bond donors (Lipinski definition) is 1. The lowest BCUT2D eigenvalue weighted by Gasteiger charge is -2.10. The van der Waals surface area contributed by atoms with Crippen molar-refractivity contribution in [2.75, 3.05) is 13.2 Å². The smallest absolute Gasteiger partial charge is 0.257 e. The fraction of sp³-hybridized carbons (Fsp3) is 0.462. The molecule has 0 aliphatic rings. The molecule has 0 fully saturated rings. The van der Waals surface area contributed by atoms with Gasteiger partial charge in [-0.05, 0) is 30.5 Å². The maximum atomic E-state index is 11.4. The van der Waals surface area contributed by atoms with E-state index in [-0.39, 0.29) is 12.5 Å². The molecule has 94 valence electrons. The van der Waals surface area contributed by atoms with Crippen molar-refractivity contribution >= 4 is 17.5 Å². The number of hydrogen-bond acceptors (Lipinski definition) is 2. The van der Waals surface area contributed by atoms with Crippen LogP contribution in [-0.2, 0) is 4.79 Å². The largest absolute Gasteiger partial charge is 0.483 e. The van der Waals surface area contributed by atoms with Gasteiger partial charge in [-0.3, -0.25) is 4.79 Å². The van der Waals surface area contributed by atoms with E-state index in [9.17, 15) is 4.79 Å². The summed E-state index contributed by atoms with van der Waals surface area (Å²) < 4.78 is 5.42. The number of ether oxygens (including phenoxy) is 1. The first-order valence-electron chi connectivity index (χ1n) is 5.64. The molecule has 0 aliphatic carbocycles. The molecule has 1 amide bonds. The fourth-order valence-corrected chi connectivity index (χ4v) is 1.40. The summed E-state index contributed by atoms with van der Waals surface area (Å²) in [6.45, 7) is 6.69. The topological polar surface area (TPSA) is 38.3 Å². The van der Waals surface area contributed by atoms with Gasteiger partial charge in [-0.2, -0.15) is 0 Å². The van der Waals surface area contributed by atoms with E-state index in [0.29, 0.717) is 23.2 Å². The summed E-state index contributed by atoms with van der Waals surface area (Å²) in [5, 5.41) is 3.39. The molecule has 3 nitrogen and oxygen atoms in total. The Kier molecular flexibility index (Phi) is 5.29. The van der Waals surface area contributed by atoms with Crippen LogP contribution in [-0.4, -0.2) is 19.1 Å². The first-order valence-corrected chi connectivity index (χ1v) is 6.02. The summed E-state index contributed by atoms with van der Waals surface area (Å²) in [6, 6.07) is 5.37. The molecule has 0 bridgehead atoms. The van der Waals surface area contributed by atoms with Gasteiger partial charge in [0.2, 0.25) is 0 Å². The lowest BCUT2D eigenvalue weighted by Crippen LogP contribution is -2.31. The highest BCUT2D eigenvalue weighted by Gasteiger charge is 2.05. The summed E-state index contributed by atoms with van der Waals surface area (Å²) in [7, 11) is 0. The van der Waals surface area contributed by atoms with Crippen molar-refractivity contribution in [3.63, 3.8) is 0 Å². The predicted molar refractivity (Wildman–Crippen MR) is 69.5 cm³/mol. The molecule has 0 saturated heterocycles. The van der Waals surface area contributed by atoms with Gasteiger partial charge in [-0.15, -0.1) is 0 Å². The molecule has 1 rings (SSSR count). The van der Waals surface area contributed by atoms with Crippen LogP contribution in [0.3, 0.4) is 0 Å². The van der Waals surface area contributed by atoms with E-state index in [4.69, 9.17) is 16.3 Å². The normalized spacial score (nSPS) is 10.4. The number of benzene rings is 1. The minimum atomic E-state index is -0.113. The molecule has 0 aromatic heterocycles. The highest BCUT2D eigenvalue weighted by atomic mass is 35.5. The molecule has 0 radical (unpaired) electrons. The molecule has 0 aliphatic heterocycles. The number of halogens is 1. The Morgan fingerprint density at radius 1 is 1.47 bits per heavy atom. The van der Waals surface area contributed by atoms with Crippen molar-refractivity contribution in [3.05, 3.63) is 28.8 Å². The van der Waals surface area contributed by atoms with Crippen molar-refractivity contribution in [1.29, 1.82) is 0 Å². The highest BCUT2D eigenvalue weighted by molar-refractivity contribution is 6.30. The number of carbonyl (C=O) groups excluding carboxylic acids is 1. The standard InChI is InChI=1S/C13H18ClNO2/c1-9(2)7-15-13(16)8-17-12-6-11(14)5-4-10(12)3/h4-6,9H,7-8H2,1-3H3,(H,15,16). The van der Waals surface area contributed by atoms with E-state index in [0.717, 1.165) is 5.56 Å². The summed E-state index contributed by atoms with van der Waals surface area (Å²) >= 11 is 5.85.